The van der Waals surface area contributed by atoms with E-state index in [1.165, 1.54) is 0 Å². The van der Waals surface area contributed by atoms with Gasteiger partial charge in [0.25, 0.3) is 0 Å². The predicted molar refractivity (Wildman–Crippen MR) is 31.7 cm³/mol. The molecule has 0 unspecified atom stereocenters. The largest absolute Gasteiger partial charge is 0.343 e. The average Bonchev–Trinajstić information content (AvgIpc) is 1.61. The van der Waals surface area contributed by atoms with Crippen molar-refractivity contribution in [3.8, 4) is 12.0 Å². The minimum absolute atomic E-state index is 0.479. The zero-order chi connectivity index (χ0) is 5.70. The molecule has 40 valence electrons. The Balaban J connectivity index is 3.08. The topological polar surface area (TPSA) is 12.0 Å². The van der Waals surface area contributed by atoms with E-state index < -0.39 is 0 Å². The summed E-state index contributed by atoms with van der Waals surface area (Å²) in [5.74, 6) is 2.74. The van der Waals surface area contributed by atoms with E-state index in [4.69, 9.17) is 0 Å². The second-order valence-electron chi connectivity index (χ2n) is 1.67. The lowest BCUT2D eigenvalue weighted by Crippen LogP contribution is -2.15. The molecule has 0 aromatic rings. The molecule has 0 rings (SSSR count). The molecule has 0 saturated carbocycles. The molecule has 0 bridgehead atoms. The third-order valence-electron chi connectivity index (χ3n) is 0.486. The van der Waals surface area contributed by atoms with Crippen LogP contribution in [0.4, 0.5) is 0 Å². The van der Waals surface area contributed by atoms with Gasteiger partial charge in [-0.3, -0.25) is 0 Å². The highest BCUT2D eigenvalue weighted by molar-refractivity contribution is 4.92. The number of hydrogen-bond donors (Lipinski definition) is 1. The summed E-state index contributed by atoms with van der Waals surface area (Å²) in [6.45, 7) is 5.93. The molecule has 0 aliphatic rings. The van der Waals surface area contributed by atoms with E-state index in [2.05, 4.69) is 31.1 Å². The van der Waals surface area contributed by atoms with Gasteiger partial charge >= 0.3 is 0 Å². The number of rotatable bonds is 1. The molecule has 0 aromatic carbocycles. The highest BCUT2D eigenvalue weighted by Crippen LogP contribution is 1.69. The fourth-order valence-electron chi connectivity index (χ4n) is 0.217. The van der Waals surface area contributed by atoms with Crippen LogP contribution in [0.5, 0.6) is 0 Å². The van der Waals surface area contributed by atoms with E-state index in [0.717, 1.165) is 0 Å². The van der Waals surface area contributed by atoms with Gasteiger partial charge in [0.15, 0.2) is 0 Å². The minimum Gasteiger partial charge on any atom is -0.343 e. The first-order chi connectivity index (χ1) is 3.27. The van der Waals surface area contributed by atoms with E-state index in [1.807, 2.05) is 6.92 Å². The highest BCUT2D eigenvalue weighted by Gasteiger charge is 1.79. The minimum atomic E-state index is 0.479. The number of hydrogen-bond acceptors (Lipinski definition) is 1. The third-order valence-corrected chi connectivity index (χ3v) is 0.486. The molecule has 0 aromatic heterocycles. The maximum absolute atomic E-state index is 2.93. The summed E-state index contributed by atoms with van der Waals surface area (Å²) in [7, 11) is 0. The van der Waals surface area contributed by atoms with Crippen molar-refractivity contribution in [2.75, 3.05) is 0 Å². The van der Waals surface area contributed by atoms with Crippen LogP contribution in [0.25, 0.3) is 0 Å². The van der Waals surface area contributed by atoms with E-state index in [1.54, 1.807) is 0 Å². The molecule has 0 heterocycles. The molecule has 7 heavy (non-hydrogen) atoms. The van der Waals surface area contributed by atoms with E-state index in [9.17, 15) is 0 Å². The molecule has 1 nitrogen and oxygen atoms in total. The monoisotopic (exact) mass is 97.1 g/mol. The lowest BCUT2D eigenvalue weighted by atomic mass is 10.4. The Morgan fingerprint density at radius 1 is 1.43 bits per heavy atom. The van der Waals surface area contributed by atoms with Crippen LogP contribution in [-0.4, -0.2) is 6.04 Å². The molecule has 0 fully saturated rings. The van der Waals surface area contributed by atoms with Crippen molar-refractivity contribution < 1.29 is 0 Å². The molecule has 0 atom stereocenters. The lowest BCUT2D eigenvalue weighted by Gasteiger charge is -1.97. The first-order valence-electron chi connectivity index (χ1n) is 2.44. The third kappa shape index (κ3) is 5.36. The number of nitrogens with one attached hydrogen (secondary N) is 1. The van der Waals surface area contributed by atoms with Crippen molar-refractivity contribution >= 4 is 0 Å². The van der Waals surface area contributed by atoms with Gasteiger partial charge in [-0.2, -0.15) is 0 Å². The first kappa shape index (κ1) is 6.36. The van der Waals surface area contributed by atoms with Crippen molar-refractivity contribution in [1.82, 2.24) is 5.32 Å². The zero-order valence-corrected chi connectivity index (χ0v) is 5.08. The molecule has 0 spiro atoms. The standard InChI is InChI=1S/C6H11N/c1-4-5-7-6(2)3/h6-7H,1-3H3. The van der Waals surface area contributed by atoms with Crippen molar-refractivity contribution in [1.29, 1.82) is 0 Å². The van der Waals surface area contributed by atoms with Gasteiger partial charge in [-0.1, -0.05) is 5.92 Å². The summed E-state index contributed by atoms with van der Waals surface area (Å²) in [5, 5.41) is 2.93. The second-order valence-corrected chi connectivity index (χ2v) is 1.67. The smallest absolute Gasteiger partial charge is 0.0284 e. The molecule has 1 N–H and O–H groups in total. The van der Waals surface area contributed by atoms with Gasteiger partial charge in [0, 0.05) is 12.1 Å². The zero-order valence-electron chi connectivity index (χ0n) is 5.08. The molecule has 0 aliphatic carbocycles. The molecule has 0 amide bonds. The maximum atomic E-state index is 2.93. The van der Waals surface area contributed by atoms with Gasteiger partial charge in [0.2, 0.25) is 0 Å². The van der Waals surface area contributed by atoms with Gasteiger partial charge in [-0.25, -0.2) is 0 Å². The van der Waals surface area contributed by atoms with Crippen molar-refractivity contribution in [2.24, 2.45) is 0 Å². The van der Waals surface area contributed by atoms with Crippen LogP contribution >= 0.6 is 0 Å². The van der Waals surface area contributed by atoms with Crippen LogP contribution in [0.3, 0.4) is 0 Å². The Labute approximate surface area is 45.1 Å². The average molecular weight is 97.2 g/mol. The quantitative estimate of drug-likeness (QED) is 0.379. The van der Waals surface area contributed by atoms with Crippen molar-refractivity contribution in [2.45, 2.75) is 26.8 Å². The molecular weight excluding hydrogens is 86.1 g/mol. The second kappa shape index (κ2) is 3.55. The van der Waals surface area contributed by atoms with Crippen molar-refractivity contribution in [3.05, 3.63) is 0 Å². The van der Waals surface area contributed by atoms with Crippen LogP contribution < -0.4 is 5.32 Å². The van der Waals surface area contributed by atoms with Crippen LogP contribution in [0.2, 0.25) is 0 Å². The SMILES string of the molecule is CC#CNC(C)C. The van der Waals surface area contributed by atoms with Crippen LogP contribution in [0.1, 0.15) is 20.8 Å². The normalized spacial score (nSPS) is 7.43. The van der Waals surface area contributed by atoms with Gasteiger partial charge in [-0.05, 0) is 20.8 Å². The Morgan fingerprint density at radius 2 is 2.00 bits per heavy atom. The molecule has 0 radical (unpaired) electrons. The predicted octanol–water partition coefficient (Wildman–Crippen LogP) is 0.965. The molecule has 1 heteroatoms. The maximum Gasteiger partial charge on any atom is 0.0284 e. The van der Waals surface area contributed by atoms with Crippen LogP contribution in [0, 0.1) is 12.0 Å². The lowest BCUT2D eigenvalue weighted by molar-refractivity contribution is 0.721. The van der Waals surface area contributed by atoms with E-state index >= 15 is 0 Å². The summed E-state index contributed by atoms with van der Waals surface area (Å²) in [6.07, 6.45) is 0. The Hall–Kier alpha value is -0.640. The van der Waals surface area contributed by atoms with Crippen molar-refractivity contribution in [3.63, 3.8) is 0 Å². The molecule has 0 aliphatic heterocycles. The van der Waals surface area contributed by atoms with Gasteiger partial charge in [-0.15, -0.1) is 0 Å². The first-order valence-corrected chi connectivity index (χ1v) is 2.44. The summed E-state index contributed by atoms with van der Waals surface area (Å²) in [5.41, 5.74) is 0. The summed E-state index contributed by atoms with van der Waals surface area (Å²) >= 11 is 0. The Bertz CT molecular complexity index is 84.1. The molecular formula is C6H11N. The molecule has 0 saturated heterocycles. The Morgan fingerprint density at radius 3 is 2.14 bits per heavy atom. The van der Waals surface area contributed by atoms with E-state index in [-0.39, 0.29) is 0 Å². The fourth-order valence-corrected chi connectivity index (χ4v) is 0.217. The summed E-state index contributed by atoms with van der Waals surface area (Å²) in [4.78, 5) is 0. The van der Waals surface area contributed by atoms with E-state index in [0.29, 0.717) is 6.04 Å². The summed E-state index contributed by atoms with van der Waals surface area (Å²) < 4.78 is 0. The van der Waals surface area contributed by atoms with Gasteiger partial charge in [0.1, 0.15) is 0 Å². The van der Waals surface area contributed by atoms with Gasteiger partial charge in [0.05, 0.1) is 0 Å². The fraction of sp³-hybridized carbons (Fsp3) is 0.667. The van der Waals surface area contributed by atoms with Crippen LogP contribution in [0.15, 0.2) is 0 Å². The Kier molecular flexibility index (Phi) is 3.22. The van der Waals surface area contributed by atoms with Gasteiger partial charge < -0.3 is 5.32 Å². The highest BCUT2D eigenvalue weighted by atomic mass is 14.8. The summed E-state index contributed by atoms with van der Waals surface area (Å²) in [6, 6.07) is 3.23. The van der Waals surface area contributed by atoms with Crippen LogP contribution in [-0.2, 0) is 0 Å².